The van der Waals surface area contributed by atoms with Gasteiger partial charge >= 0.3 is 254 Å². The number of likely N-dealkylation sites (tertiary alicyclic amines) is 2. The average molecular weight is 593 g/mol. The van der Waals surface area contributed by atoms with E-state index in [0.29, 0.717) is 12.8 Å². The topological polar surface area (TPSA) is 67.2 Å². The van der Waals surface area contributed by atoms with Crippen molar-refractivity contribution in [2.75, 3.05) is 14.1 Å². The van der Waals surface area contributed by atoms with Gasteiger partial charge < -0.3 is 0 Å². The number of nitrogens with zero attached hydrogens (tertiary/aromatic N) is 2. The molecule has 238 valence electrons. The van der Waals surface area contributed by atoms with Crippen LogP contribution in [0.4, 0.5) is 0 Å². The van der Waals surface area contributed by atoms with Crippen LogP contribution >= 0.6 is 7.28 Å². The summed E-state index contributed by atoms with van der Waals surface area (Å²) in [7, 11) is -1.43. The van der Waals surface area contributed by atoms with Gasteiger partial charge in [-0.15, -0.1) is 0 Å². The van der Waals surface area contributed by atoms with Crippen LogP contribution in [0.15, 0.2) is 12.1 Å². The van der Waals surface area contributed by atoms with Crippen molar-refractivity contribution in [1.29, 1.82) is 0 Å². The van der Waals surface area contributed by atoms with Crippen molar-refractivity contribution < 1.29 is 14.7 Å². The molecule has 2 aliphatic heterocycles. The second-order valence-corrected chi connectivity index (χ2v) is 21.6. The van der Waals surface area contributed by atoms with Gasteiger partial charge in [0, 0.05) is 0 Å². The van der Waals surface area contributed by atoms with Crippen molar-refractivity contribution in [3.05, 3.63) is 34.4 Å². The van der Waals surface area contributed by atoms with Crippen molar-refractivity contribution in [1.82, 2.24) is 9.80 Å². The number of aryl methyl sites for hydroxylation is 1. The van der Waals surface area contributed by atoms with E-state index in [-0.39, 0.29) is 21.9 Å². The van der Waals surface area contributed by atoms with Gasteiger partial charge in [0.25, 0.3) is 0 Å². The maximum absolute atomic E-state index is 13.4. The van der Waals surface area contributed by atoms with E-state index in [1.54, 1.807) is 0 Å². The number of piperidine rings is 2. The second-order valence-electron chi connectivity index (χ2n) is 18.1. The van der Waals surface area contributed by atoms with Crippen LogP contribution in [-0.4, -0.2) is 66.4 Å². The Balaban J connectivity index is 2.65. The zero-order valence-electron chi connectivity index (χ0n) is 29.7. The number of rotatable bonds is 3. The van der Waals surface area contributed by atoms with E-state index in [9.17, 15) is 14.7 Å². The zero-order valence-corrected chi connectivity index (χ0v) is 30.6. The molecule has 2 fully saturated rings. The van der Waals surface area contributed by atoms with Crippen LogP contribution in [-0.2, 0) is 16.0 Å². The summed E-state index contributed by atoms with van der Waals surface area (Å²) in [6.07, 6.45) is 2.56. The summed E-state index contributed by atoms with van der Waals surface area (Å²) in [5.41, 5.74) is 1.33. The summed E-state index contributed by atoms with van der Waals surface area (Å²) < 4.78 is 0. The van der Waals surface area contributed by atoms with Crippen LogP contribution in [0.5, 0.6) is 0 Å². The van der Waals surface area contributed by atoms with E-state index in [4.69, 9.17) is 0 Å². The molecule has 1 aromatic rings. The molecule has 0 amide bonds. The van der Waals surface area contributed by atoms with Crippen LogP contribution in [0, 0.1) is 6.92 Å². The molecule has 2 atom stereocenters. The number of benzene rings is 1. The number of hydrogen-bond donors (Lipinski definition) is 3. The van der Waals surface area contributed by atoms with Gasteiger partial charge in [0.15, 0.2) is 0 Å². The van der Waals surface area contributed by atoms with Gasteiger partial charge in [0.2, 0.25) is 0 Å². The van der Waals surface area contributed by atoms with Gasteiger partial charge in [-0.25, -0.2) is 0 Å². The molecule has 0 bridgehead atoms. The Labute approximate surface area is 253 Å². The third-order valence-electron chi connectivity index (χ3n) is 12.1. The first-order chi connectivity index (χ1) is 17.9. The molecule has 0 aromatic heterocycles. The number of hydrogen-bond acceptors (Lipinski definition) is 5. The Kier molecular flexibility index (Phi) is 8.07. The molecule has 3 N–H and O–H groups in total. The molecule has 0 saturated carbocycles. The molecule has 2 heterocycles. The first-order valence-electron chi connectivity index (χ1n) is 15.8. The third-order valence-corrected chi connectivity index (χ3v) is 16.6. The fourth-order valence-corrected chi connectivity index (χ4v) is 13.8. The van der Waals surface area contributed by atoms with Crippen LogP contribution in [0.25, 0.3) is 0 Å². The van der Waals surface area contributed by atoms with E-state index in [1.165, 1.54) is 0 Å². The predicted molar refractivity (Wildman–Crippen MR) is 178 cm³/mol. The fourth-order valence-electron chi connectivity index (χ4n) is 8.89. The Morgan fingerprint density at radius 3 is 1.54 bits per heavy atom. The summed E-state index contributed by atoms with van der Waals surface area (Å²) in [6, 6.07) is 4.49. The van der Waals surface area contributed by atoms with Gasteiger partial charge in [0.05, 0.1) is 0 Å². The fraction of sp³-hybridized carbons (Fsp3) is 0.829. The quantitative estimate of drug-likeness (QED) is 0.311. The summed E-state index contributed by atoms with van der Waals surface area (Å²) in [5.74, 6) is 0. The molecule has 2 unspecified atom stereocenters. The summed E-state index contributed by atoms with van der Waals surface area (Å²) in [6.45, 7) is 32.9. The molecular weight excluding hydrogens is 527 g/mol. The molecule has 3 rings (SSSR count). The van der Waals surface area contributed by atoms with Crippen molar-refractivity contribution in [3.63, 3.8) is 0 Å². The molecule has 2 saturated heterocycles. The summed E-state index contributed by atoms with van der Waals surface area (Å²) >= 11 is 0. The zero-order chi connectivity index (χ0) is 32.2. The van der Waals surface area contributed by atoms with E-state index < -0.39 is 29.2 Å². The molecule has 0 spiro atoms. The molecule has 6 heteroatoms. The summed E-state index contributed by atoms with van der Waals surface area (Å²) in [5, 5.41) is -1.31. The average Bonchev–Trinajstić information content (AvgIpc) is 2.74. The van der Waals surface area contributed by atoms with Crippen molar-refractivity contribution in [2.24, 2.45) is 0 Å². The van der Waals surface area contributed by atoms with Gasteiger partial charge in [-0.2, -0.15) is 0 Å². The minimum absolute atomic E-state index is 0.121. The first kappa shape index (κ1) is 34.9. The molecule has 1 aromatic carbocycles. The Bertz CT molecular complexity index is 1140. The van der Waals surface area contributed by atoms with Crippen molar-refractivity contribution in [3.8, 4) is 0 Å². The van der Waals surface area contributed by atoms with E-state index in [1.807, 2.05) is 0 Å². The molecule has 0 radical (unpaired) electrons. The summed E-state index contributed by atoms with van der Waals surface area (Å²) in [4.78, 5) is 44.9. The molecule has 2 aliphatic rings. The van der Waals surface area contributed by atoms with Crippen LogP contribution in [0.3, 0.4) is 0 Å². The Morgan fingerprint density at radius 2 is 1.12 bits per heavy atom. The maximum atomic E-state index is 13.4. The molecule has 41 heavy (non-hydrogen) atoms. The predicted octanol–water partition coefficient (Wildman–Crippen LogP) is 7.99. The van der Waals surface area contributed by atoms with Crippen LogP contribution < -0.4 is 0 Å². The van der Waals surface area contributed by atoms with Crippen LogP contribution in [0.2, 0.25) is 0 Å². The normalized spacial score (nSPS) is 30.0. The van der Waals surface area contributed by atoms with Crippen molar-refractivity contribution >= 4 is 7.28 Å². The minimum atomic E-state index is -5.62. The number of likely N-dealkylation sites (N-methyl/N-ethyl adjacent to an activating group) is 1. The van der Waals surface area contributed by atoms with Gasteiger partial charge in [-0.1, -0.05) is 0 Å². The Morgan fingerprint density at radius 1 is 0.707 bits per heavy atom. The van der Waals surface area contributed by atoms with E-state index >= 15 is 0 Å². The van der Waals surface area contributed by atoms with Crippen molar-refractivity contribution in [2.45, 2.75) is 173 Å². The van der Waals surface area contributed by atoms with Crippen LogP contribution in [0.1, 0.15) is 145 Å². The SMILES string of the molecule is Cc1cc(C(C)(C)C)c(C2(P(O)(O)(O)C3CCC(C)(C)N(C)C3(C)C)CCC(C)(C)N(C)C2(C)C)c(C(C)(C)C)c1. The monoisotopic (exact) mass is 592 g/mol. The van der Waals surface area contributed by atoms with Gasteiger partial charge in [0.1, 0.15) is 0 Å². The molecule has 5 nitrogen and oxygen atoms in total. The van der Waals surface area contributed by atoms with Gasteiger partial charge in [-0.05, 0) is 0 Å². The second kappa shape index (κ2) is 9.48. The van der Waals surface area contributed by atoms with E-state index in [2.05, 4.69) is 140 Å². The first-order valence-corrected chi connectivity index (χ1v) is 17.9. The third kappa shape index (κ3) is 4.98. The van der Waals surface area contributed by atoms with E-state index in [0.717, 1.165) is 35.1 Å². The van der Waals surface area contributed by atoms with Gasteiger partial charge in [-0.3, -0.25) is 0 Å². The standard InChI is InChI=1S/C35H65N2O3P/c1-24-22-25(29(2,3)4)28(26(23-24)30(5,6)7)35(21-20-32(10,11)37(17)34(35,14)15)41(38,39,40)27-18-19-31(8,9)36(16)33(27,12)13/h22-23,27,38-40H,18-21H2,1-17H3. The molecule has 0 aliphatic carbocycles. The Hall–Kier alpha value is -0.550. The molecular formula is C35H65N2O3P.